The topological polar surface area (TPSA) is 29.0 Å². The molecule has 1 aromatic heterocycles. The monoisotopic (exact) mass is 743 g/mol. The molecular formula is C55H41N3. The van der Waals surface area contributed by atoms with Crippen LogP contribution in [0.5, 0.6) is 0 Å². The fourth-order valence-electron chi connectivity index (χ4n) is 9.86. The van der Waals surface area contributed by atoms with E-state index in [0.29, 0.717) is 0 Å². The molecule has 2 heterocycles. The predicted octanol–water partition coefficient (Wildman–Crippen LogP) is 13.5. The summed E-state index contributed by atoms with van der Waals surface area (Å²) >= 11 is 0. The first-order chi connectivity index (χ1) is 28.7. The number of hydrogen-bond acceptors (Lipinski definition) is 3. The summed E-state index contributed by atoms with van der Waals surface area (Å²) in [5.74, 6) is 1.87. The van der Waals surface area contributed by atoms with Gasteiger partial charge in [0.05, 0.1) is 16.8 Å². The summed E-state index contributed by atoms with van der Waals surface area (Å²) in [5, 5.41) is 0. The quantitative estimate of drug-likeness (QED) is 0.163. The molecule has 0 N–H and O–H groups in total. The van der Waals surface area contributed by atoms with Crippen molar-refractivity contribution in [2.75, 3.05) is 4.90 Å². The Hall–Kier alpha value is -7.10. The van der Waals surface area contributed by atoms with Crippen molar-refractivity contribution in [2.45, 2.75) is 31.1 Å². The minimum atomic E-state index is -0.529. The lowest BCUT2D eigenvalue weighted by Crippen LogP contribution is -2.28. The van der Waals surface area contributed by atoms with Gasteiger partial charge >= 0.3 is 0 Å². The SMILES string of the molecule is CCc1c(-c2ccccc2)nc(-c2ccccc2)nc1N1C2=CC=CCC2c2cc3c(cc21)-c1ccc(-c2ccccc2)cc1C3(c1ccccc1)c1ccccc1. The van der Waals surface area contributed by atoms with Crippen LogP contribution >= 0.6 is 0 Å². The van der Waals surface area contributed by atoms with Gasteiger partial charge in [0.25, 0.3) is 0 Å². The van der Waals surface area contributed by atoms with Crippen LogP contribution in [0.4, 0.5) is 11.5 Å². The molecule has 276 valence electrons. The van der Waals surface area contributed by atoms with Gasteiger partial charge in [0.1, 0.15) is 5.82 Å². The number of anilines is 2. The Morgan fingerprint density at radius 1 is 0.569 bits per heavy atom. The van der Waals surface area contributed by atoms with E-state index in [-0.39, 0.29) is 5.92 Å². The van der Waals surface area contributed by atoms with E-state index in [4.69, 9.17) is 9.97 Å². The second-order valence-electron chi connectivity index (χ2n) is 15.5. The van der Waals surface area contributed by atoms with E-state index in [0.717, 1.165) is 46.9 Å². The van der Waals surface area contributed by atoms with E-state index in [1.165, 1.54) is 61.5 Å². The van der Waals surface area contributed by atoms with Crippen molar-refractivity contribution in [1.29, 1.82) is 0 Å². The normalized spacial score (nSPS) is 15.6. The molecule has 1 atom stereocenters. The summed E-state index contributed by atoms with van der Waals surface area (Å²) in [6.45, 7) is 2.23. The molecule has 2 aliphatic carbocycles. The van der Waals surface area contributed by atoms with Gasteiger partial charge in [0.15, 0.2) is 5.82 Å². The number of allylic oxidation sites excluding steroid dienone is 4. The number of fused-ring (bicyclic) bond motifs is 6. The van der Waals surface area contributed by atoms with Gasteiger partial charge < -0.3 is 0 Å². The molecule has 1 aliphatic heterocycles. The van der Waals surface area contributed by atoms with Crippen molar-refractivity contribution in [3.63, 3.8) is 0 Å². The lowest BCUT2D eigenvalue weighted by Gasteiger charge is -2.34. The van der Waals surface area contributed by atoms with Crippen LogP contribution in [0.2, 0.25) is 0 Å². The van der Waals surface area contributed by atoms with Crippen LogP contribution < -0.4 is 4.90 Å². The zero-order chi connectivity index (χ0) is 38.6. The average molecular weight is 744 g/mol. The smallest absolute Gasteiger partial charge is 0.162 e. The molecule has 3 aliphatic rings. The predicted molar refractivity (Wildman–Crippen MR) is 238 cm³/mol. The lowest BCUT2D eigenvalue weighted by molar-refractivity contribution is 0.761. The summed E-state index contributed by atoms with van der Waals surface area (Å²) in [6.07, 6.45) is 8.57. The Balaban J connectivity index is 1.21. The van der Waals surface area contributed by atoms with Crippen LogP contribution in [0.15, 0.2) is 206 Å². The first kappa shape index (κ1) is 34.2. The van der Waals surface area contributed by atoms with E-state index < -0.39 is 5.41 Å². The van der Waals surface area contributed by atoms with Gasteiger partial charge in [-0.1, -0.05) is 189 Å². The molecule has 0 amide bonds. The van der Waals surface area contributed by atoms with E-state index in [2.05, 4.69) is 212 Å². The number of aromatic nitrogens is 2. The molecule has 0 bridgehead atoms. The Kier molecular flexibility index (Phi) is 8.15. The summed E-state index contributed by atoms with van der Waals surface area (Å²) in [4.78, 5) is 13.3. The lowest BCUT2D eigenvalue weighted by atomic mass is 9.67. The Bertz CT molecular complexity index is 2840. The maximum atomic E-state index is 5.53. The van der Waals surface area contributed by atoms with Crippen LogP contribution in [-0.2, 0) is 11.8 Å². The zero-order valence-electron chi connectivity index (χ0n) is 32.4. The summed E-state index contributed by atoms with van der Waals surface area (Å²) in [7, 11) is 0. The van der Waals surface area contributed by atoms with Gasteiger partial charge in [0, 0.05) is 28.3 Å². The molecule has 3 heteroatoms. The van der Waals surface area contributed by atoms with Gasteiger partial charge in [-0.25, -0.2) is 9.97 Å². The highest BCUT2D eigenvalue weighted by Crippen LogP contribution is 2.61. The Morgan fingerprint density at radius 2 is 1.16 bits per heavy atom. The van der Waals surface area contributed by atoms with Crippen LogP contribution in [-0.4, -0.2) is 9.97 Å². The third-order valence-electron chi connectivity index (χ3n) is 12.4. The van der Waals surface area contributed by atoms with Crippen molar-refractivity contribution in [3.8, 4) is 44.9 Å². The van der Waals surface area contributed by atoms with Gasteiger partial charge in [-0.3, -0.25) is 4.90 Å². The fourth-order valence-corrected chi connectivity index (χ4v) is 9.86. The van der Waals surface area contributed by atoms with Crippen LogP contribution in [0.1, 0.15) is 52.6 Å². The third-order valence-corrected chi connectivity index (χ3v) is 12.4. The highest BCUT2D eigenvalue weighted by Gasteiger charge is 2.49. The fraction of sp³-hybridized carbons (Fsp3) is 0.0909. The molecule has 0 saturated heterocycles. The molecule has 1 unspecified atom stereocenters. The van der Waals surface area contributed by atoms with Crippen molar-refractivity contribution in [3.05, 3.63) is 239 Å². The maximum absolute atomic E-state index is 5.53. The summed E-state index contributed by atoms with van der Waals surface area (Å²) < 4.78 is 0. The zero-order valence-corrected chi connectivity index (χ0v) is 32.4. The average Bonchev–Trinajstić information content (AvgIpc) is 3.78. The van der Waals surface area contributed by atoms with Crippen molar-refractivity contribution < 1.29 is 0 Å². The van der Waals surface area contributed by atoms with E-state index >= 15 is 0 Å². The molecule has 11 rings (SSSR count). The van der Waals surface area contributed by atoms with E-state index in [1.807, 2.05) is 0 Å². The molecule has 0 spiro atoms. The van der Waals surface area contributed by atoms with Gasteiger partial charge in [-0.15, -0.1) is 0 Å². The number of rotatable bonds is 7. The molecule has 58 heavy (non-hydrogen) atoms. The number of benzene rings is 7. The molecule has 3 nitrogen and oxygen atoms in total. The summed E-state index contributed by atoms with van der Waals surface area (Å²) in [6, 6.07) is 66.3. The summed E-state index contributed by atoms with van der Waals surface area (Å²) in [5.41, 5.74) is 17.6. The standard InChI is InChI=1S/C55H41N3/c1-2-43-52(38-22-10-4-11-23-38)56-53(39-24-12-5-13-25-39)57-54(43)58-50-31-19-18-30-45(50)47-35-49-46(36-51(47)58)44-33-32-40(37-20-8-3-9-21-37)34-48(44)55(49,41-26-14-6-15-27-41)42-28-16-7-17-29-42/h3-29,31-36,45H,2,30H2,1H3. The van der Waals surface area contributed by atoms with E-state index in [1.54, 1.807) is 0 Å². The molecule has 0 fully saturated rings. The largest absolute Gasteiger partial charge is 0.298 e. The Morgan fingerprint density at radius 3 is 1.79 bits per heavy atom. The highest BCUT2D eigenvalue weighted by molar-refractivity contribution is 5.94. The van der Waals surface area contributed by atoms with E-state index in [9.17, 15) is 0 Å². The molecular weight excluding hydrogens is 703 g/mol. The van der Waals surface area contributed by atoms with Crippen LogP contribution in [0, 0.1) is 0 Å². The number of nitrogens with zero attached hydrogens (tertiary/aromatic N) is 3. The number of hydrogen-bond donors (Lipinski definition) is 0. The van der Waals surface area contributed by atoms with Gasteiger partial charge in [-0.05, 0) is 81.1 Å². The first-order valence-electron chi connectivity index (χ1n) is 20.4. The third kappa shape index (κ3) is 5.20. The second kappa shape index (κ2) is 13.8. The maximum Gasteiger partial charge on any atom is 0.162 e. The molecule has 7 aromatic carbocycles. The van der Waals surface area contributed by atoms with Gasteiger partial charge in [0.2, 0.25) is 0 Å². The molecule has 0 radical (unpaired) electrons. The highest BCUT2D eigenvalue weighted by atomic mass is 15.2. The minimum absolute atomic E-state index is 0.179. The van der Waals surface area contributed by atoms with Crippen LogP contribution in [0.3, 0.4) is 0 Å². The first-order valence-corrected chi connectivity index (χ1v) is 20.4. The second-order valence-corrected chi connectivity index (χ2v) is 15.5. The molecule has 8 aromatic rings. The van der Waals surface area contributed by atoms with Crippen LogP contribution in [0.25, 0.3) is 44.9 Å². The van der Waals surface area contributed by atoms with Crippen molar-refractivity contribution in [2.24, 2.45) is 0 Å². The van der Waals surface area contributed by atoms with Crippen molar-refractivity contribution >= 4 is 11.5 Å². The minimum Gasteiger partial charge on any atom is -0.298 e. The van der Waals surface area contributed by atoms with Crippen molar-refractivity contribution in [1.82, 2.24) is 9.97 Å². The molecule has 0 saturated carbocycles. The van der Waals surface area contributed by atoms with Gasteiger partial charge in [-0.2, -0.15) is 0 Å². The Labute approximate surface area is 340 Å².